The topological polar surface area (TPSA) is 72.5 Å². The lowest BCUT2D eigenvalue weighted by molar-refractivity contribution is -0.123. The Balaban J connectivity index is 1.15. The molecule has 3 fully saturated rings. The van der Waals surface area contributed by atoms with Crippen LogP contribution < -0.4 is 9.77 Å². The second-order valence-corrected chi connectivity index (χ2v) is 16.1. The molecular formula is C36H26BrClN2O4S2. The first-order valence-electron chi connectivity index (χ1n) is 15.3. The average molecular weight is 730 g/mol. The summed E-state index contributed by atoms with van der Waals surface area (Å²) < 4.78 is 9.53. The molecule has 2 aliphatic heterocycles. The highest BCUT2D eigenvalue weighted by Gasteiger charge is 2.70. The number of thioether (sulfide) groups is 1. The highest BCUT2D eigenvalue weighted by molar-refractivity contribution is 9.10. The molecule has 230 valence electrons. The molecule has 1 saturated heterocycles. The van der Waals surface area contributed by atoms with E-state index < -0.39 is 0 Å². The highest BCUT2D eigenvalue weighted by atomic mass is 79.9. The van der Waals surface area contributed by atoms with E-state index in [-0.39, 0.29) is 57.4 Å². The van der Waals surface area contributed by atoms with Crippen molar-refractivity contribution in [3.8, 4) is 11.3 Å². The zero-order valence-corrected chi connectivity index (χ0v) is 28.2. The first-order chi connectivity index (χ1) is 22.4. The van der Waals surface area contributed by atoms with Crippen molar-refractivity contribution in [2.45, 2.75) is 29.2 Å². The molecule has 9 rings (SSSR count). The molecule has 2 saturated carbocycles. The Morgan fingerprint density at radius 3 is 2.30 bits per heavy atom. The summed E-state index contributed by atoms with van der Waals surface area (Å²) in [5.41, 5.74) is 2.60. The van der Waals surface area contributed by atoms with E-state index in [0.717, 1.165) is 43.4 Å². The number of hydrogen-bond acceptors (Lipinski definition) is 6. The van der Waals surface area contributed by atoms with E-state index in [9.17, 15) is 14.4 Å². The van der Waals surface area contributed by atoms with Crippen LogP contribution in [-0.4, -0.2) is 21.6 Å². The normalized spacial score (nSPS) is 27.6. The molecule has 10 heteroatoms. The maximum absolute atomic E-state index is 14.1. The van der Waals surface area contributed by atoms with E-state index in [4.69, 9.17) is 16.0 Å². The van der Waals surface area contributed by atoms with Gasteiger partial charge in [-0.15, -0.1) is 11.8 Å². The third-order valence-electron chi connectivity index (χ3n) is 10.3. The second-order valence-electron chi connectivity index (χ2n) is 12.6. The number of halogens is 2. The van der Waals surface area contributed by atoms with Gasteiger partial charge in [-0.05, 0) is 78.3 Å². The Kier molecular flexibility index (Phi) is 6.79. The molecule has 5 aromatic rings. The number of aromatic nitrogens is 1. The predicted molar refractivity (Wildman–Crippen MR) is 183 cm³/mol. The van der Waals surface area contributed by atoms with Gasteiger partial charge in [0.1, 0.15) is 11.5 Å². The molecule has 2 aliphatic carbocycles. The molecule has 6 nitrogen and oxygen atoms in total. The number of hydrogen-bond donors (Lipinski definition) is 0. The Morgan fingerprint density at radius 2 is 1.57 bits per heavy atom. The third kappa shape index (κ3) is 4.31. The maximum Gasteiger partial charge on any atom is 0.308 e. The smallest absolute Gasteiger partial charge is 0.308 e. The van der Waals surface area contributed by atoms with Crippen molar-refractivity contribution in [3.05, 3.63) is 126 Å². The molecule has 0 unspecified atom stereocenters. The van der Waals surface area contributed by atoms with Gasteiger partial charge < -0.3 is 4.42 Å². The van der Waals surface area contributed by atoms with Crippen LogP contribution in [0.4, 0.5) is 5.69 Å². The average Bonchev–Trinajstić information content (AvgIpc) is 3.87. The molecule has 46 heavy (non-hydrogen) atoms. The quantitative estimate of drug-likeness (QED) is 0.170. The maximum atomic E-state index is 14.1. The van der Waals surface area contributed by atoms with Crippen LogP contribution >= 0.6 is 50.6 Å². The minimum Gasteiger partial charge on any atom is -0.460 e. The molecule has 4 heterocycles. The third-order valence-corrected chi connectivity index (χ3v) is 13.9. The monoisotopic (exact) mass is 728 g/mol. The van der Waals surface area contributed by atoms with Crippen LogP contribution in [0.3, 0.4) is 0 Å². The van der Waals surface area contributed by atoms with Crippen LogP contribution in [0.5, 0.6) is 0 Å². The molecule has 7 atom stereocenters. The number of imide groups is 1. The van der Waals surface area contributed by atoms with Crippen molar-refractivity contribution in [2.24, 2.45) is 29.6 Å². The Bertz CT molecular complexity index is 2070. The summed E-state index contributed by atoms with van der Waals surface area (Å²) in [4.78, 5) is 44.2. The van der Waals surface area contributed by atoms with Crippen molar-refractivity contribution in [3.63, 3.8) is 0 Å². The fourth-order valence-electron chi connectivity index (χ4n) is 8.47. The molecule has 0 radical (unpaired) electrons. The van der Waals surface area contributed by atoms with Crippen molar-refractivity contribution in [2.75, 3.05) is 4.90 Å². The molecular weight excluding hydrogens is 704 g/mol. The van der Waals surface area contributed by atoms with Gasteiger partial charge >= 0.3 is 4.87 Å². The lowest BCUT2D eigenvalue weighted by Gasteiger charge is -2.42. The molecule has 2 bridgehead atoms. The molecule has 3 aromatic carbocycles. The molecule has 2 aromatic heterocycles. The van der Waals surface area contributed by atoms with Crippen LogP contribution in [0, 0.1) is 29.6 Å². The Labute approximate surface area is 286 Å². The van der Waals surface area contributed by atoms with Gasteiger partial charge in [0, 0.05) is 20.3 Å². The number of fused-ring (bicyclic) bond motifs is 9. The van der Waals surface area contributed by atoms with Gasteiger partial charge in [0.05, 0.1) is 39.9 Å². The highest BCUT2D eigenvalue weighted by Crippen LogP contribution is 2.69. The van der Waals surface area contributed by atoms with Crippen molar-refractivity contribution in [1.82, 2.24) is 4.57 Å². The number of benzene rings is 3. The largest absolute Gasteiger partial charge is 0.460 e. The Morgan fingerprint density at radius 1 is 0.848 bits per heavy atom. The second kappa shape index (κ2) is 10.8. The lowest BCUT2D eigenvalue weighted by atomic mass is 9.69. The molecule has 4 aliphatic rings. The van der Waals surface area contributed by atoms with Gasteiger partial charge in [0.25, 0.3) is 0 Å². The van der Waals surface area contributed by atoms with Crippen LogP contribution in [0.25, 0.3) is 11.3 Å². The summed E-state index contributed by atoms with van der Waals surface area (Å²) in [5.74, 6) is 0.457. The zero-order valence-electron chi connectivity index (χ0n) is 24.2. The van der Waals surface area contributed by atoms with Crippen LogP contribution in [0.1, 0.15) is 28.5 Å². The van der Waals surface area contributed by atoms with E-state index in [0.29, 0.717) is 17.3 Å². The number of thiazole rings is 1. The molecule has 0 N–H and O–H groups in total. The number of furan rings is 1. The van der Waals surface area contributed by atoms with E-state index >= 15 is 0 Å². The van der Waals surface area contributed by atoms with Gasteiger partial charge in [0.2, 0.25) is 11.8 Å². The summed E-state index contributed by atoms with van der Waals surface area (Å²) in [6, 6.07) is 29.0. The van der Waals surface area contributed by atoms with Crippen LogP contribution in [-0.2, 0) is 16.1 Å². The molecule has 2 amide bonds. The lowest BCUT2D eigenvalue weighted by Crippen LogP contribution is -2.43. The Hall–Kier alpha value is -3.37. The summed E-state index contributed by atoms with van der Waals surface area (Å²) >= 11 is 12.7. The van der Waals surface area contributed by atoms with Crippen molar-refractivity contribution in [1.29, 1.82) is 0 Å². The first kappa shape index (κ1) is 28.8. The number of carbonyl (C=O) groups excluding carboxylic acids is 2. The minimum absolute atomic E-state index is 0.000349. The van der Waals surface area contributed by atoms with E-state index in [2.05, 4.69) is 15.9 Å². The summed E-state index contributed by atoms with van der Waals surface area (Å²) in [7, 11) is 0. The van der Waals surface area contributed by atoms with Gasteiger partial charge in [-0.1, -0.05) is 81.3 Å². The van der Waals surface area contributed by atoms with Crippen molar-refractivity contribution < 1.29 is 14.0 Å². The van der Waals surface area contributed by atoms with Gasteiger partial charge in [0.15, 0.2) is 0 Å². The van der Waals surface area contributed by atoms with Crippen LogP contribution in [0.15, 0.2) is 110 Å². The standard InChI is InChI=1S/C36H26BrClN2O4S2/c37-20-8-6-19(7-9-20)25-14-15-26(44-25)30-27-23-16-24(29-28(23)33(41)40(34(29)42)22-12-10-21(38)11-13-22)31(27)45-35-32(30)46-36(43)39(35)17-18-4-2-1-3-5-18/h1-15,23-24,27-31H,16-17H2/t23-,24-,27-,28+,29-,30+,31-/m1/s1. The SMILES string of the molecule is O=C1[C@@H]2[C@H]3C[C@@H]([C@@H]2C(=O)N1c1ccc(Cl)cc1)[C@@H]1[C@H](c2ccc(-c4ccc(Br)cc4)o2)c2sc(=O)n(Cc4ccccc4)c2S[C@H]31. The predicted octanol–water partition coefficient (Wildman–Crippen LogP) is 8.31. The number of anilines is 1. The van der Waals surface area contributed by atoms with Gasteiger partial charge in [-0.2, -0.15) is 0 Å². The van der Waals surface area contributed by atoms with Crippen LogP contribution in [0.2, 0.25) is 5.02 Å². The van der Waals surface area contributed by atoms with Gasteiger partial charge in [-0.3, -0.25) is 23.9 Å². The van der Waals surface area contributed by atoms with E-state index in [1.807, 2.05) is 71.3 Å². The van der Waals surface area contributed by atoms with E-state index in [1.54, 1.807) is 36.0 Å². The number of carbonyl (C=O) groups is 2. The fourth-order valence-corrected chi connectivity index (χ4v) is 12.0. The molecule has 0 spiro atoms. The number of nitrogens with zero attached hydrogens (tertiary/aromatic N) is 2. The zero-order chi connectivity index (χ0) is 31.3. The number of rotatable bonds is 5. The van der Waals surface area contributed by atoms with Gasteiger partial charge in [-0.25, -0.2) is 0 Å². The summed E-state index contributed by atoms with van der Waals surface area (Å²) in [5, 5.41) is 1.59. The summed E-state index contributed by atoms with van der Waals surface area (Å²) in [6.45, 7) is 0.479. The summed E-state index contributed by atoms with van der Waals surface area (Å²) in [6.07, 6.45) is 0.818. The van der Waals surface area contributed by atoms with E-state index in [1.165, 1.54) is 16.2 Å². The fraction of sp³-hybridized carbons (Fsp3) is 0.250. The first-order valence-corrected chi connectivity index (χ1v) is 18.2. The van der Waals surface area contributed by atoms with Crippen molar-refractivity contribution >= 4 is 68.1 Å². The minimum atomic E-state index is -0.386. The number of amides is 2.